The van der Waals surface area contributed by atoms with Gasteiger partial charge in [0.2, 0.25) is 23.6 Å². The van der Waals surface area contributed by atoms with Crippen LogP contribution in [0.1, 0.15) is 31.4 Å². The van der Waals surface area contributed by atoms with E-state index in [1.165, 1.54) is 12.1 Å². The van der Waals surface area contributed by atoms with Gasteiger partial charge in [0, 0.05) is 6.42 Å². The van der Waals surface area contributed by atoms with E-state index in [4.69, 9.17) is 5.11 Å². The minimum atomic E-state index is -2.07. The monoisotopic (exact) mass is 717 g/mol. The first-order chi connectivity index (χ1) is 24.1. The van der Waals surface area contributed by atoms with Crippen molar-refractivity contribution in [2.45, 2.75) is 81.8 Å². The lowest BCUT2D eigenvalue weighted by atomic mass is 10.0. The molecule has 51 heavy (non-hydrogen) atoms. The molecule has 2 aromatic rings. The Morgan fingerprint density at radius 2 is 1.51 bits per heavy atom. The van der Waals surface area contributed by atoms with Gasteiger partial charge in [0.15, 0.2) is 0 Å². The molecule has 0 spiro atoms. The lowest BCUT2D eigenvalue weighted by molar-refractivity contribution is -0.146. The Bertz CT molecular complexity index is 1480. The summed E-state index contributed by atoms with van der Waals surface area (Å²) >= 11 is 0. The number of rotatable bonds is 19. The number of nitrogens with zero attached hydrogens (tertiary/aromatic N) is 1. The number of aliphatic carboxylic acids is 1. The van der Waals surface area contributed by atoms with Gasteiger partial charge < -0.3 is 56.6 Å². The minimum absolute atomic E-state index is 0.00940. The van der Waals surface area contributed by atoms with Crippen molar-refractivity contribution in [2.75, 3.05) is 19.7 Å². The number of carbonyl (C=O) groups is 5. The third-order valence-electron chi connectivity index (χ3n) is 8.29. The van der Waals surface area contributed by atoms with Crippen LogP contribution >= 0.6 is 0 Å². The molecule has 1 unspecified atom stereocenters. The Hall–Kier alpha value is -4.65. The highest BCUT2D eigenvalue weighted by Crippen LogP contribution is 2.21. The number of aliphatic hydroxyl groups is 5. The largest absolute Gasteiger partial charge is 0.508 e. The Morgan fingerprint density at radius 3 is 2.10 bits per heavy atom. The number of carboxylic acid groups (broad SMARTS) is 1. The van der Waals surface area contributed by atoms with Crippen molar-refractivity contribution in [2.24, 2.45) is 5.92 Å². The summed E-state index contributed by atoms with van der Waals surface area (Å²) in [6.45, 7) is 1.26. The molecule has 0 radical (unpaired) electrons. The highest BCUT2D eigenvalue weighted by molar-refractivity contribution is 5.93. The summed E-state index contributed by atoms with van der Waals surface area (Å²) in [7, 11) is 0. The predicted molar refractivity (Wildman–Crippen MR) is 179 cm³/mol. The molecule has 1 heterocycles. The average molecular weight is 718 g/mol. The molecular weight excluding hydrogens is 670 g/mol. The van der Waals surface area contributed by atoms with Gasteiger partial charge in [-0.3, -0.25) is 24.5 Å². The normalized spacial score (nSPS) is 19.5. The molecule has 280 valence electrons. The van der Waals surface area contributed by atoms with Crippen molar-refractivity contribution >= 4 is 29.6 Å². The molecule has 3 rings (SSSR count). The van der Waals surface area contributed by atoms with E-state index in [1.807, 2.05) is 0 Å². The maximum Gasteiger partial charge on any atom is 0.326 e. The molecule has 1 fully saturated rings. The number of carboxylic acids is 1. The van der Waals surface area contributed by atoms with E-state index in [-0.39, 0.29) is 30.9 Å². The Balaban J connectivity index is 1.71. The number of hydrogen-bond donors (Lipinski definition) is 11. The van der Waals surface area contributed by atoms with Crippen molar-refractivity contribution < 1.29 is 59.7 Å². The summed E-state index contributed by atoms with van der Waals surface area (Å²) in [4.78, 5) is 65.4. The lowest BCUT2D eigenvalue weighted by Gasteiger charge is -2.33. The van der Waals surface area contributed by atoms with E-state index in [2.05, 4.69) is 21.3 Å². The van der Waals surface area contributed by atoms with Gasteiger partial charge in [0.25, 0.3) is 0 Å². The van der Waals surface area contributed by atoms with E-state index in [0.717, 1.165) is 4.90 Å². The summed E-state index contributed by atoms with van der Waals surface area (Å²) in [5, 5.41) is 79.9. The number of aliphatic hydroxyl groups excluding tert-OH is 5. The van der Waals surface area contributed by atoms with Gasteiger partial charge in [0.1, 0.15) is 55.0 Å². The molecular formula is C34H47N5O12. The Kier molecular flexibility index (Phi) is 15.3. The van der Waals surface area contributed by atoms with Crippen LogP contribution in [-0.2, 0) is 36.8 Å². The zero-order valence-electron chi connectivity index (χ0n) is 28.3. The average Bonchev–Trinajstić information content (AvgIpc) is 3.39. The standard InChI is InChI=1S/C34H47N5O12/c1-18(2)12-24(34(50)51)38-32(48)22(13-19-6-4-3-5-7-19)36-26(43)15-35-27(44)16-39-31(30(47)29(46)28(45)25(42)17-40)37-23(33(39)49)14-20-8-10-21(41)11-9-20/h3-11,18,22-25,28-31,37,40-42,45-47H,12-17H2,1-2H3,(H,35,44)(H,36,43)(H,38,48)(H,50,51)/t22-,23-,24-,25+,28-,29-,30+,31?/m0/s1. The van der Waals surface area contributed by atoms with E-state index >= 15 is 0 Å². The van der Waals surface area contributed by atoms with Gasteiger partial charge in [0.05, 0.1) is 19.2 Å². The van der Waals surface area contributed by atoms with Gasteiger partial charge in [-0.2, -0.15) is 0 Å². The number of nitrogens with one attached hydrogen (secondary N) is 4. The maximum absolute atomic E-state index is 13.5. The number of carbonyl (C=O) groups excluding carboxylic acids is 4. The van der Waals surface area contributed by atoms with Crippen LogP contribution in [0, 0.1) is 5.92 Å². The van der Waals surface area contributed by atoms with Gasteiger partial charge in [-0.1, -0.05) is 56.3 Å². The molecule has 4 amide bonds. The lowest BCUT2D eigenvalue weighted by Crippen LogP contribution is -2.58. The number of amides is 4. The number of hydrogen-bond acceptors (Lipinski definition) is 12. The molecule has 0 aromatic heterocycles. The number of aromatic hydroxyl groups is 1. The molecule has 2 aromatic carbocycles. The van der Waals surface area contributed by atoms with Crippen molar-refractivity contribution in [3.05, 3.63) is 65.7 Å². The van der Waals surface area contributed by atoms with Crippen molar-refractivity contribution in [1.29, 1.82) is 0 Å². The van der Waals surface area contributed by atoms with Crippen LogP contribution < -0.4 is 21.3 Å². The smallest absolute Gasteiger partial charge is 0.326 e. The summed E-state index contributed by atoms with van der Waals surface area (Å²) < 4.78 is 0. The first kappa shape index (κ1) is 40.8. The molecule has 17 nitrogen and oxygen atoms in total. The molecule has 0 bridgehead atoms. The summed E-state index contributed by atoms with van der Waals surface area (Å²) in [6, 6.07) is 11.1. The van der Waals surface area contributed by atoms with Gasteiger partial charge >= 0.3 is 5.97 Å². The zero-order valence-corrected chi connectivity index (χ0v) is 28.3. The summed E-state index contributed by atoms with van der Waals surface area (Å²) in [6.07, 6.45) is -9.16. The Labute approximate surface area is 294 Å². The van der Waals surface area contributed by atoms with Crippen LogP contribution in [0.3, 0.4) is 0 Å². The minimum Gasteiger partial charge on any atom is -0.508 e. The van der Waals surface area contributed by atoms with Gasteiger partial charge in [-0.25, -0.2) is 4.79 Å². The van der Waals surface area contributed by atoms with Crippen molar-refractivity contribution in [3.63, 3.8) is 0 Å². The fourth-order valence-corrected chi connectivity index (χ4v) is 5.56. The molecule has 11 N–H and O–H groups in total. The molecule has 1 saturated heterocycles. The SMILES string of the molecule is CC(C)C[C@H](NC(=O)[C@H](Cc1ccccc1)NC(=O)CNC(=O)CN1C(=O)[C@H](Cc2ccc(O)cc2)NC1[C@H](O)[C@@H](O)[C@@H](O)[C@H](O)CO)C(=O)O. The van der Waals surface area contributed by atoms with Crippen LogP contribution in [-0.4, -0.2) is 139 Å². The highest BCUT2D eigenvalue weighted by Gasteiger charge is 2.47. The number of phenols is 1. The molecule has 8 atom stereocenters. The van der Waals surface area contributed by atoms with Crippen molar-refractivity contribution in [1.82, 2.24) is 26.2 Å². The molecule has 0 saturated carbocycles. The van der Waals surface area contributed by atoms with Crippen LogP contribution in [0.2, 0.25) is 0 Å². The van der Waals surface area contributed by atoms with Gasteiger partial charge in [-0.15, -0.1) is 0 Å². The first-order valence-corrected chi connectivity index (χ1v) is 16.4. The molecule has 1 aliphatic rings. The van der Waals surface area contributed by atoms with Crippen LogP contribution in [0.4, 0.5) is 0 Å². The van der Waals surface area contributed by atoms with E-state index in [9.17, 15) is 54.6 Å². The second-order valence-electron chi connectivity index (χ2n) is 12.8. The van der Waals surface area contributed by atoms with Crippen LogP contribution in [0.5, 0.6) is 5.75 Å². The fraction of sp³-hybridized carbons (Fsp3) is 0.500. The second kappa shape index (κ2) is 19.1. The third kappa shape index (κ3) is 12.0. The molecule has 1 aliphatic heterocycles. The van der Waals surface area contributed by atoms with E-state index < -0.39 is 98.0 Å². The quantitative estimate of drug-likeness (QED) is 0.0691. The second-order valence-corrected chi connectivity index (χ2v) is 12.8. The summed E-state index contributed by atoms with van der Waals surface area (Å²) in [5.41, 5.74) is 1.27. The van der Waals surface area contributed by atoms with Crippen molar-refractivity contribution in [3.8, 4) is 5.75 Å². The third-order valence-corrected chi connectivity index (χ3v) is 8.29. The first-order valence-electron chi connectivity index (χ1n) is 16.4. The molecule has 0 aliphatic carbocycles. The number of benzene rings is 2. The van der Waals surface area contributed by atoms with Crippen LogP contribution in [0.15, 0.2) is 54.6 Å². The topological polar surface area (TPSA) is 278 Å². The Morgan fingerprint density at radius 1 is 0.863 bits per heavy atom. The molecule has 17 heteroatoms. The zero-order chi connectivity index (χ0) is 37.8. The summed E-state index contributed by atoms with van der Waals surface area (Å²) in [5.74, 6) is -4.41. The van der Waals surface area contributed by atoms with Crippen LogP contribution in [0.25, 0.3) is 0 Å². The van der Waals surface area contributed by atoms with E-state index in [0.29, 0.717) is 11.1 Å². The highest BCUT2D eigenvalue weighted by atomic mass is 16.4. The van der Waals surface area contributed by atoms with E-state index in [1.54, 1.807) is 56.3 Å². The predicted octanol–water partition coefficient (Wildman–Crippen LogP) is -3.04. The number of phenolic OH excluding ortho intramolecular Hbond substituents is 1. The fourth-order valence-electron chi connectivity index (χ4n) is 5.56. The van der Waals surface area contributed by atoms with Gasteiger partial charge in [-0.05, 0) is 42.0 Å². The maximum atomic E-state index is 13.5.